The van der Waals surface area contributed by atoms with E-state index in [1.54, 1.807) is 25.1 Å². The molecular formula is C18H23Cl2NO3. The van der Waals surface area contributed by atoms with Gasteiger partial charge in [0.25, 0.3) is 5.91 Å². The first kappa shape index (κ1) is 19.1. The van der Waals surface area contributed by atoms with Crippen LogP contribution >= 0.6 is 23.2 Å². The largest absolute Gasteiger partial charge is 0.453 e. The minimum Gasteiger partial charge on any atom is -0.453 e. The van der Waals surface area contributed by atoms with Crippen LogP contribution in [-0.2, 0) is 14.3 Å². The summed E-state index contributed by atoms with van der Waals surface area (Å²) in [5, 5.41) is 3.47. The Labute approximate surface area is 152 Å². The van der Waals surface area contributed by atoms with Crippen LogP contribution in [0.2, 0.25) is 10.0 Å². The average molecular weight is 372 g/mol. The number of hydrogen-bond acceptors (Lipinski definition) is 3. The van der Waals surface area contributed by atoms with Crippen molar-refractivity contribution in [1.82, 2.24) is 0 Å². The summed E-state index contributed by atoms with van der Waals surface area (Å²) < 4.78 is 5.22. The quantitative estimate of drug-likeness (QED) is 0.696. The Morgan fingerprint density at radius 1 is 1.25 bits per heavy atom. The molecule has 0 saturated heterocycles. The van der Waals surface area contributed by atoms with E-state index in [4.69, 9.17) is 27.9 Å². The molecule has 1 aliphatic carbocycles. The summed E-state index contributed by atoms with van der Waals surface area (Å²) in [5.74, 6) is -0.126. The van der Waals surface area contributed by atoms with Gasteiger partial charge in [-0.25, -0.2) is 0 Å². The monoisotopic (exact) mass is 371 g/mol. The highest BCUT2D eigenvalue weighted by Crippen LogP contribution is 2.28. The van der Waals surface area contributed by atoms with Crippen LogP contribution in [0.25, 0.3) is 0 Å². The summed E-state index contributed by atoms with van der Waals surface area (Å²) in [6, 6.07) is 4.78. The summed E-state index contributed by atoms with van der Waals surface area (Å²) in [7, 11) is 0. The molecule has 1 aromatic rings. The van der Waals surface area contributed by atoms with Crippen molar-refractivity contribution in [2.75, 3.05) is 5.32 Å². The normalized spacial score (nSPS) is 16.5. The molecule has 2 rings (SSSR count). The van der Waals surface area contributed by atoms with E-state index >= 15 is 0 Å². The summed E-state index contributed by atoms with van der Waals surface area (Å²) >= 11 is 11.8. The lowest BCUT2D eigenvalue weighted by atomic mass is 9.86. The molecule has 1 atom stereocenters. The molecule has 0 bridgehead atoms. The zero-order chi connectivity index (χ0) is 17.5. The molecule has 132 valence electrons. The minimum atomic E-state index is -0.865. The molecule has 0 aliphatic heterocycles. The Morgan fingerprint density at radius 2 is 1.96 bits per heavy atom. The lowest BCUT2D eigenvalue weighted by Gasteiger charge is -2.21. The lowest BCUT2D eigenvalue weighted by molar-refractivity contribution is -0.153. The van der Waals surface area contributed by atoms with Crippen molar-refractivity contribution >= 4 is 40.8 Å². The van der Waals surface area contributed by atoms with E-state index < -0.39 is 12.0 Å². The van der Waals surface area contributed by atoms with Gasteiger partial charge in [-0.05, 0) is 37.5 Å². The fraction of sp³-hybridized carbons (Fsp3) is 0.556. The number of benzene rings is 1. The molecule has 0 radical (unpaired) electrons. The van der Waals surface area contributed by atoms with Gasteiger partial charge < -0.3 is 10.1 Å². The van der Waals surface area contributed by atoms with Crippen LogP contribution in [0.3, 0.4) is 0 Å². The third kappa shape index (κ3) is 5.99. The van der Waals surface area contributed by atoms with Crippen molar-refractivity contribution < 1.29 is 14.3 Å². The predicted octanol–water partition coefficient (Wildman–Crippen LogP) is 5.22. The molecule has 1 N–H and O–H groups in total. The van der Waals surface area contributed by atoms with Crippen molar-refractivity contribution in [1.29, 1.82) is 0 Å². The first-order chi connectivity index (χ1) is 11.5. The summed E-state index contributed by atoms with van der Waals surface area (Å²) in [6.07, 6.45) is 6.53. The maximum Gasteiger partial charge on any atom is 0.306 e. The Morgan fingerprint density at radius 3 is 2.62 bits per heavy atom. The number of ether oxygens (including phenoxy) is 1. The fourth-order valence-electron chi connectivity index (χ4n) is 2.93. The zero-order valence-corrected chi connectivity index (χ0v) is 15.3. The van der Waals surface area contributed by atoms with Crippen molar-refractivity contribution in [3.63, 3.8) is 0 Å². The Bertz CT molecular complexity index is 586. The second kappa shape index (κ2) is 9.28. The van der Waals surface area contributed by atoms with E-state index in [1.807, 2.05) is 0 Å². The Hall–Kier alpha value is -1.26. The molecule has 4 nitrogen and oxygen atoms in total. The summed E-state index contributed by atoms with van der Waals surface area (Å²) in [5.41, 5.74) is 0.441. The van der Waals surface area contributed by atoms with Crippen LogP contribution in [0.15, 0.2) is 18.2 Å². The van der Waals surface area contributed by atoms with Gasteiger partial charge in [0.05, 0.1) is 10.7 Å². The molecule has 1 aromatic carbocycles. The molecule has 1 unspecified atom stereocenters. The third-order valence-electron chi connectivity index (χ3n) is 4.35. The van der Waals surface area contributed by atoms with E-state index in [0.717, 1.165) is 6.42 Å². The first-order valence-electron chi connectivity index (χ1n) is 8.41. The van der Waals surface area contributed by atoms with Gasteiger partial charge in [0, 0.05) is 11.4 Å². The lowest BCUT2D eigenvalue weighted by Crippen LogP contribution is -2.30. The summed E-state index contributed by atoms with van der Waals surface area (Å²) in [4.78, 5) is 24.0. The highest BCUT2D eigenvalue weighted by atomic mass is 35.5. The highest BCUT2D eigenvalue weighted by Gasteiger charge is 2.20. The Kier molecular flexibility index (Phi) is 7.38. The maximum absolute atomic E-state index is 12.1. The number of anilines is 1. The molecule has 1 saturated carbocycles. The van der Waals surface area contributed by atoms with Crippen molar-refractivity contribution in [2.24, 2.45) is 5.92 Å². The standard InChI is InChI=1S/C18H23Cl2NO3/c1-12(18(23)21-16-9-8-14(19)11-15(16)20)24-17(22)10-7-13-5-3-2-4-6-13/h8-9,11-13H,2-7,10H2,1H3,(H,21,23). The highest BCUT2D eigenvalue weighted by molar-refractivity contribution is 6.36. The molecular weight excluding hydrogens is 349 g/mol. The van der Waals surface area contributed by atoms with Crippen molar-refractivity contribution in [2.45, 2.75) is 58.0 Å². The van der Waals surface area contributed by atoms with Crippen molar-refractivity contribution in [3.8, 4) is 0 Å². The van der Waals surface area contributed by atoms with Gasteiger partial charge in [0.1, 0.15) is 0 Å². The van der Waals surface area contributed by atoms with E-state index in [1.165, 1.54) is 32.1 Å². The molecule has 0 spiro atoms. The maximum atomic E-state index is 12.1. The van der Waals surface area contributed by atoms with Crippen LogP contribution in [0.5, 0.6) is 0 Å². The van der Waals surface area contributed by atoms with Crippen LogP contribution < -0.4 is 5.32 Å². The van der Waals surface area contributed by atoms with Crippen LogP contribution in [0.4, 0.5) is 5.69 Å². The topological polar surface area (TPSA) is 55.4 Å². The molecule has 0 aromatic heterocycles. The van der Waals surface area contributed by atoms with E-state index in [9.17, 15) is 9.59 Å². The molecule has 1 aliphatic rings. The first-order valence-corrected chi connectivity index (χ1v) is 9.16. The van der Waals surface area contributed by atoms with Gasteiger partial charge in [-0.1, -0.05) is 55.3 Å². The molecule has 24 heavy (non-hydrogen) atoms. The zero-order valence-electron chi connectivity index (χ0n) is 13.8. The van der Waals surface area contributed by atoms with E-state index in [2.05, 4.69) is 5.32 Å². The van der Waals surface area contributed by atoms with Crippen LogP contribution in [-0.4, -0.2) is 18.0 Å². The number of rotatable bonds is 6. The van der Waals surface area contributed by atoms with Gasteiger partial charge in [-0.3, -0.25) is 9.59 Å². The molecule has 6 heteroatoms. The van der Waals surface area contributed by atoms with Gasteiger partial charge in [0.15, 0.2) is 6.10 Å². The van der Waals surface area contributed by atoms with Crippen LogP contribution in [0.1, 0.15) is 51.9 Å². The number of carbonyl (C=O) groups excluding carboxylic acids is 2. The van der Waals surface area contributed by atoms with Crippen molar-refractivity contribution in [3.05, 3.63) is 28.2 Å². The Balaban J connectivity index is 1.76. The fourth-order valence-corrected chi connectivity index (χ4v) is 3.39. The van der Waals surface area contributed by atoms with E-state index in [0.29, 0.717) is 28.1 Å². The molecule has 0 heterocycles. The number of carbonyl (C=O) groups is 2. The number of nitrogens with one attached hydrogen (secondary N) is 1. The summed E-state index contributed by atoms with van der Waals surface area (Å²) in [6.45, 7) is 1.55. The molecule has 1 amide bonds. The van der Waals surface area contributed by atoms with Gasteiger partial charge >= 0.3 is 5.97 Å². The smallest absolute Gasteiger partial charge is 0.306 e. The second-order valence-corrected chi connectivity index (χ2v) is 7.13. The number of esters is 1. The van der Waals surface area contributed by atoms with E-state index in [-0.39, 0.29) is 5.97 Å². The van der Waals surface area contributed by atoms with Crippen LogP contribution in [0, 0.1) is 5.92 Å². The minimum absolute atomic E-state index is 0.328. The molecule has 1 fully saturated rings. The number of hydrogen-bond donors (Lipinski definition) is 1. The average Bonchev–Trinajstić information content (AvgIpc) is 2.56. The predicted molar refractivity (Wildman–Crippen MR) is 96.5 cm³/mol. The van der Waals surface area contributed by atoms with Gasteiger partial charge in [0.2, 0.25) is 0 Å². The number of halogens is 2. The third-order valence-corrected chi connectivity index (χ3v) is 4.90. The van der Waals surface area contributed by atoms with Gasteiger partial charge in [-0.15, -0.1) is 0 Å². The second-order valence-electron chi connectivity index (χ2n) is 6.29. The van der Waals surface area contributed by atoms with Gasteiger partial charge in [-0.2, -0.15) is 0 Å². The number of amides is 1. The SMILES string of the molecule is CC(OC(=O)CCC1CCCCC1)C(=O)Nc1ccc(Cl)cc1Cl.